The number of aliphatic hydroxyl groups excluding tert-OH is 1. The summed E-state index contributed by atoms with van der Waals surface area (Å²) >= 11 is 0. The van der Waals surface area contributed by atoms with Crippen molar-refractivity contribution < 1.29 is 24.3 Å². The number of carbonyl (C=O) groups excluding carboxylic acids is 1. The zero-order valence-electron chi connectivity index (χ0n) is 14.3. The Hall–Kier alpha value is -2.19. The second-order valence-electron chi connectivity index (χ2n) is 6.07. The van der Waals surface area contributed by atoms with Crippen LogP contribution in [0.1, 0.15) is 19.8 Å². The van der Waals surface area contributed by atoms with Gasteiger partial charge in [0.15, 0.2) is 0 Å². The van der Waals surface area contributed by atoms with Crippen LogP contribution in [0.4, 0.5) is 5.69 Å². The van der Waals surface area contributed by atoms with Gasteiger partial charge in [-0.05, 0) is 32.4 Å². The van der Waals surface area contributed by atoms with Gasteiger partial charge in [-0.2, -0.15) is 0 Å². The Morgan fingerprint density at radius 1 is 1.52 bits per heavy atom. The first-order valence-corrected chi connectivity index (χ1v) is 8.44. The second-order valence-corrected chi connectivity index (χ2v) is 6.07. The summed E-state index contributed by atoms with van der Waals surface area (Å²) < 4.78 is 10.5. The molecule has 0 radical (unpaired) electrons. The molecule has 0 amide bonds. The Bertz CT molecular complexity index is 594. The molecule has 2 unspecified atom stereocenters. The van der Waals surface area contributed by atoms with Crippen molar-refractivity contribution >= 4 is 11.7 Å². The third-order valence-electron chi connectivity index (χ3n) is 4.07. The summed E-state index contributed by atoms with van der Waals surface area (Å²) in [6.45, 7) is 3.94. The van der Waals surface area contributed by atoms with E-state index in [0.29, 0.717) is 25.4 Å². The van der Waals surface area contributed by atoms with E-state index in [1.165, 1.54) is 18.2 Å². The van der Waals surface area contributed by atoms with E-state index in [4.69, 9.17) is 9.47 Å². The van der Waals surface area contributed by atoms with Gasteiger partial charge in [0.1, 0.15) is 18.5 Å². The van der Waals surface area contributed by atoms with Crippen LogP contribution in [0.25, 0.3) is 0 Å². The number of piperidine rings is 1. The average molecular weight is 352 g/mol. The van der Waals surface area contributed by atoms with Crippen LogP contribution in [0.5, 0.6) is 5.75 Å². The molecule has 1 aliphatic heterocycles. The SMILES string of the molecule is CCOC(=O)C1CCCN(CC(O)COc2cccc([N+](=O)[O-])c2)C1. The topological polar surface area (TPSA) is 102 Å². The third kappa shape index (κ3) is 5.99. The number of aliphatic hydroxyl groups is 1. The highest BCUT2D eigenvalue weighted by Gasteiger charge is 2.27. The summed E-state index contributed by atoms with van der Waals surface area (Å²) in [6.07, 6.45) is 0.928. The highest BCUT2D eigenvalue weighted by atomic mass is 16.6. The Balaban J connectivity index is 1.79. The van der Waals surface area contributed by atoms with Gasteiger partial charge in [0.25, 0.3) is 5.69 Å². The molecular weight excluding hydrogens is 328 g/mol. The number of ether oxygens (including phenoxy) is 2. The fourth-order valence-electron chi connectivity index (χ4n) is 2.90. The number of β-amino-alcohol motifs (C(OH)–C–C–N with tert-alkyl or cyclic N) is 1. The second kappa shape index (κ2) is 9.33. The zero-order chi connectivity index (χ0) is 18.2. The van der Waals surface area contributed by atoms with Crippen molar-refractivity contribution in [1.82, 2.24) is 4.90 Å². The predicted octanol–water partition coefficient (Wildman–Crippen LogP) is 1.61. The molecule has 25 heavy (non-hydrogen) atoms. The van der Waals surface area contributed by atoms with Gasteiger partial charge in [-0.1, -0.05) is 6.07 Å². The fraction of sp³-hybridized carbons (Fsp3) is 0.588. The van der Waals surface area contributed by atoms with Crippen LogP contribution in [0.15, 0.2) is 24.3 Å². The van der Waals surface area contributed by atoms with Crippen LogP contribution < -0.4 is 4.74 Å². The van der Waals surface area contributed by atoms with Gasteiger partial charge >= 0.3 is 5.97 Å². The van der Waals surface area contributed by atoms with Crippen molar-refractivity contribution in [1.29, 1.82) is 0 Å². The molecule has 2 atom stereocenters. The summed E-state index contributed by atoms with van der Waals surface area (Å²) in [4.78, 5) is 24.1. The molecule has 1 N–H and O–H groups in total. The minimum absolute atomic E-state index is 0.0295. The van der Waals surface area contributed by atoms with Crippen molar-refractivity contribution in [3.05, 3.63) is 34.4 Å². The molecule has 0 saturated carbocycles. The van der Waals surface area contributed by atoms with E-state index in [2.05, 4.69) is 0 Å². The molecule has 1 aromatic carbocycles. The maximum absolute atomic E-state index is 11.8. The quantitative estimate of drug-likeness (QED) is 0.431. The molecule has 0 bridgehead atoms. The van der Waals surface area contributed by atoms with Crippen LogP contribution in [0.2, 0.25) is 0 Å². The number of likely N-dealkylation sites (tertiary alicyclic amines) is 1. The first-order valence-electron chi connectivity index (χ1n) is 8.44. The molecule has 0 spiro atoms. The Morgan fingerprint density at radius 2 is 2.32 bits per heavy atom. The maximum atomic E-state index is 11.8. The molecule has 2 rings (SSSR count). The number of hydrogen-bond acceptors (Lipinski definition) is 7. The summed E-state index contributed by atoms with van der Waals surface area (Å²) in [5, 5.41) is 20.9. The van der Waals surface area contributed by atoms with Gasteiger partial charge in [-0.25, -0.2) is 0 Å². The number of hydrogen-bond donors (Lipinski definition) is 1. The number of nitro groups is 1. The van der Waals surface area contributed by atoms with Crippen LogP contribution in [0, 0.1) is 16.0 Å². The molecule has 8 heteroatoms. The number of esters is 1. The number of carbonyl (C=O) groups is 1. The van der Waals surface area contributed by atoms with E-state index in [9.17, 15) is 20.0 Å². The number of nitro benzene ring substituents is 1. The Morgan fingerprint density at radius 3 is 3.04 bits per heavy atom. The normalized spacial score (nSPS) is 19.2. The largest absolute Gasteiger partial charge is 0.491 e. The van der Waals surface area contributed by atoms with Crippen LogP contribution in [-0.2, 0) is 9.53 Å². The van der Waals surface area contributed by atoms with Crippen LogP contribution in [-0.4, -0.2) is 59.9 Å². The molecule has 1 heterocycles. The average Bonchev–Trinajstić information content (AvgIpc) is 2.60. The van der Waals surface area contributed by atoms with Crippen molar-refractivity contribution in [2.24, 2.45) is 5.92 Å². The van der Waals surface area contributed by atoms with E-state index >= 15 is 0 Å². The summed E-state index contributed by atoms with van der Waals surface area (Å²) in [5.74, 6) is 0.00409. The molecule has 1 aliphatic rings. The molecule has 1 aromatic rings. The van der Waals surface area contributed by atoms with Gasteiger partial charge in [-0.3, -0.25) is 19.8 Å². The highest BCUT2D eigenvalue weighted by molar-refractivity contribution is 5.72. The van der Waals surface area contributed by atoms with Gasteiger partial charge < -0.3 is 14.6 Å². The zero-order valence-corrected chi connectivity index (χ0v) is 14.3. The fourth-order valence-corrected chi connectivity index (χ4v) is 2.90. The lowest BCUT2D eigenvalue weighted by molar-refractivity contribution is -0.384. The maximum Gasteiger partial charge on any atom is 0.310 e. The minimum atomic E-state index is -0.750. The summed E-state index contributed by atoms with van der Waals surface area (Å²) in [5.41, 5.74) is -0.0553. The van der Waals surface area contributed by atoms with E-state index in [-0.39, 0.29) is 24.2 Å². The van der Waals surface area contributed by atoms with Gasteiger partial charge in [-0.15, -0.1) is 0 Å². The molecule has 0 aliphatic carbocycles. The highest BCUT2D eigenvalue weighted by Crippen LogP contribution is 2.20. The van der Waals surface area contributed by atoms with Gasteiger partial charge in [0, 0.05) is 19.2 Å². The van der Waals surface area contributed by atoms with E-state index in [1.54, 1.807) is 13.0 Å². The van der Waals surface area contributed by atoms with Crippen LogP contribution in [0.3, 0.4) is 0 Å². The number of rotatable bonds is 8. The van der Waals surface area contributed by atoms with Crippen LogP contribution >= 0.6 is 0 Å². The van der Waals surface area contributed by atoms with Crippen molar-refractivity contribution in [3.63, 3.8) is 0 Å². The summed E-state index contributed by atoms with van der Waals surface area (Å²) in [6, 6.07) is 5.85. The van der Waals surface area contributed by atoms with Crippen molar-refractivity contribution in [2.75, 3.05) is 32.8 Å². The third-order valence-corrected chi connectivity index (χ3v) is 4.07. The smallest absolute Gasteiger partial charge is 0.310 e. The lowest BCUT2D eigenvalue weighted by atomic mass is 9.98. The minimum Gasteiger partial charge on any atom is -0.491 e. The lowest BCUT2D eigenvalue weighted by Crippen LogP contribution is -2.44. The molecule has 1 saturated heterocycles. The van der Waals surface area contributed by atoms with Crippen molar-refractivity contribution in [3.8, 4) is 5.75 Å². The molecule has 8 nitrogen and oxygen atoms in total. The lowest BCUT2D eigenvalue weighted by Gasteiger charge is -2.32. The first kappa shape index (κ1) is 19.1. The molecule has 138 valence electrons. The van der Waals surface area contributed by atoms with Crippen molar-refractivity contribution in [2.45, 2.75) is 25.9 Å². The summed E-state index contributed by atoms with van der Waals surface area (Å²) in [7, 11) is 0. The van der Waals surface area contributed by atoms with Gasteiger partial charge in [0.05, 0.1) is 23.5 Å². The standard InChI is InChI=1S/C17H24N2O6/c1-2-24-17(21)13-5-4-8-18(10-13)11-15(20)12-25-16-7-3-6-14(9-16)19(22)23/h3,6-7,9,13,15,20H,2,4-5,8,10-12H2,1H3. The van der Waals surface area contributed by atoms with Gasteiger partial charge in [0.2, 0.25) is 0 Å². The van der Waals surface area contributed by atoms with E-state index in [0.717, 1.165) is 19.4 Å². The Kier molecular flexibility index (Phi) is 7.15. The first-order chi connectivity index (χ1) is 12.0. The van der Waals surface area contributed by atoms with E-state index < -0.39 is 11.0 Å². The number of non-ortho nitro benzene ring substituents is 1. The van der Waals surface area contributed by atoms with E-state index in [1.807, 2.05) is 4.90 Å². The molecule has 0 aromatic heterocycles. The Labute approximate surface area is 146 Å². The monoisotopic (exact) mass is 352 g/mol. The number of benzene rings is 1. The predicted molar refractivity (Wildman–Crippen MR) is 90.4 cm³/mol. The molecule has 1 fully saturated rings. The molecular formula is C17H24N2O6. The number of nitrogens with zero attached hydrogens (tertiary/aromatic N) is 2.